The van der Waals surface area contributed by atoms with Crippen LogP contribution in [0.3, 0.4) is 0 Å². The Bertz CT molecular complexity index is 705. The molecule has 2 amide bonds. The van der Waals surface area contributed by atoms with Crippen molar-refractivity contribution in [2.75, 3.05) is 18.5 Å². The first kappa shape index (κ1) is 18.0. The van der Waals surface area contributed by atoms with Gasteiger partial charge in [0.15, 0.2) is 0 Å². The molecule has 2 aromatic rings. The Morgan fingerprint density at radius 1 is 1.08 bits per heavy atom. The zero-order valence-electron chi connectivity index (χ0n) is 13.3. The molecule has 0 heterocycles. The SMILES string of the molecule is Cc1cc(Br)ccc1NC(=O)CNC(=O)CCOc1ccccc1. The molecule has 0 fully saturated rings. The van der Waals surface area contributed by atoms with E-state index in [2.05, 4.69) is 26.6 Å². The largest absolute Gasteiger partial charge is 0.493 e. The average molecular weight is 391 g/mol. The summed E-state index contributed by atoms with van der Waals surface area (Å²) in [6, 6.07) is 14.8. The van der Waals surface area contributed by atoms with E-state index in [1.807, 2.05) is 55.5 Å². The lowest BCUT2D eigenvalue weighted by Gasteiger charge is -2.10. The van der Waals surface area contributed by atoms with Gasteiger partial charge in [-0.2, -0.15) is 0 Å². The van der Waals surface area contributed by atoms with Gasteiger partial charge in [-0.05, 0) is 42.8 Å². The van der Waals surface area contributed by atoms with E-state index < -0.39 is 0 Å². The standard InChI is InChI=1S/C18H19BrN2O3/c1-13-11-14(19)7-8-16(13)21-18(23)12-20-17(22)9-10-24-15-5-3-2-4-6-15/h2-8,11H,9-10,12H2,1H3,(H,20,22)(H,21,23). The number of para-hydroxylation sites is 1. The van der Waals surface area contributed by atoms with E-state index in [0.717, 1.165) is 15.7 Å². The number of nitrogens with one attached hydrogen (secondary N) is 2. The number of benzene rings is 2. The van der Waals surface area contributed by atoms with Crippen LogP contribution < -0.4 is 15.4 Å². The number of amides is 2. The fraction of sp³-hybridized carbons (Fsp3) is 0.222. The van der Waals surface area contributed by atoms with Crippen molar-refractivity contribution >= 4 is 33.4 Å². The van der Waals surface area contributed by atoms with Crippen LogP contribution in [-0.4, -0.2) is 25.0 Å². The fourth-order valence-corrected chi connectivity index (χ4v) is 2.48. The van der Waals surface area contributed by atoms with E-state index >= 15 is 0 Å². The first-order valence-electron chi connectivity index (χ1n) is 7.55. The van der Waals surface area contributed by atoms with E-state index in [0.29, 0.717) is 5.75 Å². The molecule has 0 saturated heterocycles. The lowest BCUT2D eigenvalue weighted by atomic mass is 10.2. The Morgan fingerprint density at radius 3 is 2.54 bits per heavy atom. The molecule has 0 bridgehead atoms. The van der Waals surface area contributed by atoms with Crippen molar-refractivity contribution in [3.63, 3.8) is 0 Å². The van der Waals surface area contributed by atoms with Gasteiger partial charge in [0.05, 0.1) is 19.6 Å². The minimum atomic E-state index is -0.266. The summed E-state index contributed by atoms with van der Waals surface area (Å²) in [6.07, 6.45) is 0.194. The third-order valence-electron chi connectivity index (χ3n) is 3.25. The van der Waals surface area contributed by atoms with Crippen LogP contribution in [0.25, 0.3) is 0 Å². The molecule has 0 aliphatic heterocycles. The van der Waals surface area contributed by atoms with E-state index in [-0.39, 0.29) is 31.4 Å². The number of carbonyl (C=O) groups is 2. The fourth-order valence-electron chi connectivity index (χ4n) is 2.01. The zero-order valence-corrected chi connectivity index (χ0v) is 14.9. The summed E-state index contributed by atoms with van der Waals surface area (Å²) in [5.41, 5.74) is 1.67. The molecule has 0 aromatic heterocycles. The third-order valence-corrected chi connectivity index (χ3v) is 3.74. The minimum absolute atomic E-state index is 0.0698. The van der Waals surface area contributed by atoms with Gasteiger partial charge in [-0.3, -0.25) is 9.59 Å². The van der Waals surface area contributed by atoms with Crippen LogP contribution in [0.5, 0.6) is 5.75 Å². The summed E-state index contributed by atoms with van der Waals surface area (Å²) in [7, 11) is 0. The van der Waals surface area contributed by atoms with Crippen molar-refractivity contribution in [3.05, 3.63) is 58.6 Å². The van der Waals surface area contributed by atoms with Crippen LogP contribution in [0.2, 0.25) is 0 Å². The molecule has 2 rings (SSSR count). The molecule has 6 heteroatoms. The molecule has 0 unspecified atom stereocenters. The molecule has 2 N–H and O–H groups in total. The van der Waals surface area contributed by atoms with Crippen molar-refractivity contribution in [3.8, 4) is 5.75 Å². The zero-order chi connectivity index (χ0) is 17.4. The Balaban J connectivity index is 1.68. The second-order valence-electron chi connectivity index (χ2n) is 5.20. The highest BCUT2D eigenvalue weighted by Gasteiger charge is 2.08. The predicted molar refractivity (Wildman–Crippen MR) is 97.1 cm³/mol. The van der Waals surface area contributed by atoms with Crippen LogP contribution >= 0.6 is 15.9 Å². The van der Waals surface area contributed by atoms with Gasteiger partial charge in [-0.25, -0.2) is 0 Å². The molecule has 0 spiro atoms. The normalized spacial score (nSPS) is 10.1. The molecule has 2 aromatic carbocycles. The van der Waals surface area contributed by atoms with Crippen LogP contribution in [0.15, 0.2) is 53.0 Å². The van der Waals surface area contributed by atoms with Gasteiger partial charge in [0, 0.05) is 10.2 Å². The Morgan fingerprint density at radius 2 is 1.83 bits per heavy atom. The maximum atomic E-state index is 11.9. The molecule has 0 aliphatic carbocycles. The molecule has 126 valence electrons. The van der Waals surface area contributed by atoms with Crippen molar-refractivity contribution < 1.29 is 14.3 Å². The van der Waals surface area contributed by atoms with E-state index in [4.69, 9.17) is 4.74 Å². The molecular formula is C18H19BrN2O3. The molecule has 5 nitrogen and oxygen atoms in total. The van der Waals surface area contributed by atoms with Gasteiger partial charge in [-0.15, -0.1) is 0 Å². The summed E-state index contributed by atoms with van der Waals surface area (Å²) in [4.78, 5) is 23.6. The van der Waals surface area contributed by atoms with Crippen LogP contribution in [0.1, 0.15) is 12.0 Å². The lowest BCUT2D eigenvalue weighted by molar-refractivity contribution is -0.124. The second-order valence-corrected chi connectivity index (χ2v) is 6.11. The van der Waals surface area contributed by atoms with Gasteiger partial charge in [-0.1, -0.05) is 34.1 Å². The highest BCUT2D eigenvalue weighted by Crippen LogP contribution is 2.19. The van der Waals surface area contributed by atoms with Gasteiger partial charge in [0.25, 0.3) is 0 Å². The number of halogens is 1. The number of anilines is 1. The van der Waals surface area contributed by atoms with Gasteiger partial charge in [0.1, 0.15) is 5.75 Å². The number of aryl methyl sites for hydroxylation is 1. The summed E-state index contributed by atoms with van der Waals surface area (Å²) in [5, 5.41) is 5.35. The Labute approximate surface area is 149 Å². The van der Waals surface area contributed by atoms with Crippen molar-refractivity contribution in [2.45, 2.75) is 13.3 Å². The first-order chi connectivity index (χ1) is 11.5. The number of ether oxygens (including phenoxy) is 1. The van der Waals surface area contributed by atoms with Gasteiger partial charge < -0.3 is 15.4 Å². The summed E-state index contributed by atoms with van der Waals surface area (Å²) in [5.74, 6) is 0.222. The number of rotatable bonds is 7. The summed E-state index contributed by atoms with van der Waals surface area (Å²) < 4.78 is 6.39. The smallest absolute Gasteiger partial charge is 0.243 e. The molecule has 0 saturated carbocycles. The Hall–Kier alpha value is -2.34. The highest BCUT2D eigenvalue weighted by atomic mass is 79.9. The van der Waals surface area contributed by atoms with Crippen LogP contribution in [-0.2, 0) is 9.59 Å². The highest BCUT2D eigenvalue weighted by molar-refractivity contribution is 9.10. The van der Waals surface area contributed by atoms with E-state index in [9.17, 15) is 9.59 Å². The lowest BCUT2D eigenvalue weighted by Crippen LogP contribution is -2.33. The number of hydrogen-bond donors (Lipinski definition) is 2. The van der Waals surface area contributed by atoms with Gasteiger partial charge in [0.2, 0.25) is 11.8 Å². The maximum Gasteiger partial charge on any atom is 0.243 e. The predicted octanol–water partition coefficient (Wildman–Crippen LogP) is 3.28. The number of hydrogen-bond acceptors (Lipinski definition) is 3. The van der Waals surface area contributed by atoms with Crippen LogP contribution in [0.4, 0.5) is 5.69 Å². The topological polar surface area (TPSA) is 67.4 Å². The molecule has 0 aliphatic rings. The van der Waals surface area contributed by atoms with Crippen LogP contribution in [0, 0.1) is 6.92 Å². The van der Waals surface area contributed by atoms with E-state index in [1.54, 1.807) is 0 Å². The monoisotopic (exact) mass is 390 g/mol. The molecular weight excluding hydrogens is 372 g/mol. The number of carbonyl (C=O) groups excluding carboxylic acids is 2. The van der Waals surface area contributed by atoms with Crippen molar-refractivity contribution in [1.29, 1.82) is 0 Å². The minimum Gasteiger partial charge on any atom is -0.493 e. The summed E-state index contributed by atoms with van der Waals surface area (Å²) >= 11 is 3.37. The maximum absolute atomic E-state index is 11.9. The second kappa shape index (κ2) is 9.08. The molecule has 24 heavy (non-hydrogen) atoms. The molecule has 0 radical (unpaired) electrons. The average Bonchev–Trinajstić information content (AvgIpc) is 2.56. The summed E-state index contributed by atoms with van der Waals surface area (Å²) in [6.45, 7) is 2.10. The first-order valence-corrected chi connectivity index (χ1v) is 8.34. The third kappa shape index (κ3) is 6.04. The van der Waals surface area contributed by atoms with E-state index in [1.165, 1.54) is 0 Å². The Kier molecular flexibility index (Phi) is 6.81. The van der Waals surface area contributed by atoms with Gasteiger partial charge >= 0.3 is 0 Å². The quantitative estimate of drug-likeness (QED) is 0.761. The molecule has 0 atom stereocenters. The van der Waals surface area contributed by atoms with Crippen molar-refractivity contribution in [2.24, 2.45) is 0 Å². The van der Waals surface area contributed by atoms with Crippen molar-refractivity contribution in [1.82, 2.24) is 5.32 Å².